The van der Waals surface area contributed by atoms with E-state index in [9.17, 15) is 34.8 Å². The van der Waals surface area contributed by atoms with E-state index in [0.717, 1.165) is 6.33 Å². The highest BCUT2D eigenvalue weighted by atomic mass is 32.2. The van der Waals surface area contributed by atoms with Gasteiger partial charge in [-0.25, -0.2) is 26.5 Å². The molecule has 0 aliphatic rings. The topological polar surface area (TPSA) is 90.9 Å². The van der Waals surface area contributed by atoms with Crippen LogP contribution in [0.2, 0.25) is 0 Å². The molecule has 230 valence electrons. The number of ether oxygens (including phenoxy) is 3. The highest BCUT2D eigenvalue weighted by Crippen LogP contribution is 2.40. The molecule has 1 aromatic heterocycles. The first-order valence-corrected chi connectivity index (χ1v) is 13.7. The monoisotopic (exact) mass is 655 g/mol. The first kappa shape index (κ1) is 31.7. The van der Waals surface area contributed by atoms with Crippen LogP contribution in [0, 0.1) is 11.6 Å². The molecule has 0 aliphatic heterocycles. The maximum absolute atomic E-state index is 15.3. The summed E-state index contributed by atoms with van der Waals surface area (Å²) in [7, 11) is -2.32. The number of hydrogen-bond acceptors (Lipinski definition) is 8. The average molecular weight is 656 g/mol. The highest BCUT2D eigenvalue weighted by Gasteiger charge is 2.38. The van der Waals surface area contributed by atoms with Gasteiger partial charge in [0.2, 0.25) is 5.13 Å². The molecule has 0 unspecified atom stereocenters. The maximum atomic E-state index is 15.3. The summed E-state index contributed by atoms with van der Waals surface area (Å²) in [5.74, 6) is -5.03. The molecule has 0 saturated heterocycles. The third kappa shape index (κ3) is 6.90. The van der Waals surface area contributed by atoms with Crippen molar-refractivity contribution in [3.63, 3.8) is 0 Å². The predicted octanol–water partition coefficient (Wildman–Crippen LogP) is 7.06. The Hall–Kier alpha value is -4.19. The van der Waals surface area contributed by atoms with Gasteiger partial charge in [0.15, 0.2) is 11.6 Å². The van der Waals surface area contributed by atoms with Gasteiger partial charge in [0.05, 0.1) is 31.9 Å². The predicted molar refractivity (Wildman–Crippen MR) is 136 cm³/mol. The summed E-state index contributed by atoms with van der Waals surface area (Å²) < 4.78 is 156. The number of anilines is 1. The molecule has 0 N–H and O–H groups in total. The summed E-state index contributed by atoms with van der Waals surface area (Å²) in [6.07, 6.45) is -9.45. The molecule has 3 aromatic carbocycles. The third-order valence-electron chi connectivity index (χ3n) is 5.71. The van der Waals surface area contributed by atoms with E-state index in [-0.39, 0.29) is 46.8 Å². The normalized spacial score (nSPS) is 12.2. The number of methoxy groups -OCH3 is 2. The Morgan fingerprint density at radius 1 is 0.814 bits per heavy atom. The lowest BCUT2D eigenvalue weighted by molar-refractivity contribution is -0.143. The van der Waals surface area contributed by atoms with Gasteiger partial charge in [0.25, 0.3) is 10.0 Å². The molecule has 4 aromatic rings. The first-order valence-electron chi connectivity index (χ1n) is 11.5. The van der Waals surface area contributed by atoms with Crippen molar-refractivity contribution in [2.45, 2.75) is 23.8 Å². The zero-order chi connectivity index (χ0) is 31.7. The second-order valence-corrected chi connectivity index (χ2v) is 11.1. The zero-order valence-electron chi connectivity index (χ0n) is 21.6. The van der Waals surface area contributed by atoms with Crippen LogP contribution in [0.4, 0.5) is 40.3 Å². The smallest absolute Gasteiger partial charge is 0.416 e. The summed E-state index contributed by atoms with van der Waals surface area (Å²) in [4.78, 5) is 2.60. The van der Waals surface area contributed by atoms with Crippen LogP contribution in [0.1, 0.15) is 16.7 Å². The number of halogens is 8. The molecule has 0 spiro atoms. The van der Waals surface area contributed by atoms with E-state index < -0.39 is 68.1 Å². The Kier molecular flexibility index (Phi) is 8.73. The van der Waals surface area contributed by atoms with E-state index in [4.69, 9.17) is 14.2 Å². The summed E-state index contributed by atoms with van der Waals surface area (Å²) >= 11 is 0.606. The maximum Gasteiger partial charge on any atom is 0.416 e. The standard InChI is InChI=1S/C25H17F8N3O5S2/c1-39-16-3-4-20(40-2)13(5-16)11-36(23-34-12-35-42-23)43(37,38)22-10-18(26)21(9-19(22)27)41-17-7-14(24(28,29)30)6-15(8-17)25(31,32)33/h3-10,12H,11H2,1-2H3. The zero-order valence-corrected chi connectivity index (χ0v) is 23.3. The molecular weight excluding hydrogens is 638 g/mol. The largest absolute Gasteiger partial charge is 0.497 e. The van der Waals surface area contributed by atoms with Crippen LogP contribution in [-0.4, -0.2) is 32.0 Å². The number of sulfonamides is 1. The van der Waals surface area contributed by atoms with Gasteiger partial charge in [0.1, 0.15) is 34.3 Å². The number of aromatic nitrogens is 2. The lowest BCUT2D eigenvalue weighted by Crippen LogP contribution is -2.31. The van der Waals surface area contributed by atoms with Crippen LogP contribution in [0.3, 0.4) is 0 Å². The Morgan fingerprint density at radius 3 is 2.00 bits per heavy atom. The molecule has 0 atom stereocenters. The van der Waals surface area contributed by atoms with Crippen molar-refractivity contribution in [1.82, 2.24) is 9.36 Å². The fourth-order valence-electron chi connectivity index (χ4n) is 3.71. The Labute approximate surface area is 242 Å². The minimum Gasteiger partial charge on any atom is -0.497 e. The number of nitrogens with zero attached hydrogens (tertiary/aromatic N) is 3. The van der Waals surface area contributed by atoms with Gasteiger partial charge in [-0.3, -0.25) is 0 Å². The fraction of sp³-hybridized carbons (Fsp3) is 0.200. The van der Waals surface area contributed by atoms with E-state index in [0.29, 0.717) is 21.6 Å². The molecule has 0 amide bonds. The number of hydrogen-bond donors (Lipinski definition) is 0. The molecular formula is C25H17F8N3O5S2. The van der Waals surface area contributed by atoms with Gasteiger partial charge in [-0.2, -0.15) is 30.7 Å². The van der Waals surface area contributed by atoms with Crippen LogP contribution >= 0.6 is 11.5 Å². The van der Waals surface area contributed by atoms with Gasteiger partial charge >= 0.3 is 12.4 Å². The van der Waals surface area contributed by atoms with E-state index in [1.54, 1.807) is 0 Å². The highest BCUT2D eigenvalue weighted by molar-refractivity contribution is 7.93. The van der Waals surface area contributed by atoms with Crippen LogP contribution in [0.25, 0.3) is 0 Å². The van der Waals surface area contributed by atoms with E-state index in [1.807, 2.05) is 0 Å². The van der Waals surface area contributed by atoms with Crippen molar-refractivity contribution >= 4 is 26.7 Å². The Balaban J connectivity index is 1.76. The lowest BCUT2D eigenvalue weighted by Gasteiger charge is -2.23. The third-order valence-corrected chi connectivity index (χ3v) is 8.26. The van der Waals surface area contributed by atoms with Crippen molar-refractivity contribution in [1.29, 1.82) is 0 Å². The van der Waals surface area contributed by atoms with Crippen molar-refractivity contribution < 1.29 is 57.8 Å². The minimum atomic E-state index is -5.24. The lowest BCUT2D eigenvalue weighted by atomic mass is 10.1. The second kappa shape index (κ2) is 11.8. The van der Waals surface area contributed by atoms with Gasteiger partial charge < -0.3 is 14.2 Å². The molecule has 1 heterocycles. The summed E-state index contributed by atoms with van der Waals surface area (Å²) in [6, 6.07) is 4.91. The Morgan fingerprint density at radius 2 is 1.47 bits per heavy atom. The second-order valence-electron chi connectivity index (χ2n) is 8.47. The van der Waals surface area contributed by atoms with Gasteiger partial charge in [0, 0.05) is 29.2 Å². The van der Waals surface area contributed by atoms with Gasteiger partial charge in [-0.15, -0.1) is 0 Å². The quantitative estimate of drug-likeness (QED) is 0.178. The SMILES string of the molecule is COc1ccc(OC)c(CN(c2ncns2)S(=O)(=O)c2cc(F)c(Oc3cc(C(F)(F)F)cc(C(F)(F)F)c3)cc2F)c1. The van der Waals surface area contributed by atoms with E-state index in [1.165, 1.54) is 32.4 Å². The summed E-state index contributed by atoms with van der Waals surface area (Å²) in [5.41, 5.74) is -3.30. The number of alkyl halides is 6. The molecule has 8 nitrogen and oxygen atoms in total. The number of rotatable bonds is 9. The van der Waals surface area contributed by atoms with Gasteiger partial charge in [-0.05, 0) is 36.4 Å². The van der Waals surface area contributed by atoms with Crippen LogP contribution in [0.15, 0.2) is 59.8 Å². The molecule has 0 bridgehead atoms. The van der Waals surface area contributed by atoms with E-state index in [2.05, 4.69) is 9.36 Å². The van der Waals surface area contributed by atoms with Crippen LogP contribution in [-0.2, 0) is 28.9 Å². The van der Waals surface area contributed by atoms with Crippen molar-refractivity contribution in [2.75, 3.05) is 18.5 Å². The summed E-state index contributed by atoms with van der Waals surface area (Å²) in [5, 5.41) is -0.256. The van der Waals surface area contributed by atoms with Crippen molar-refractivity contribution in [3.05, 3.63) is 83.2 Å². The molecule has 4 rings (SSSR count). The molecule has 0 saturated carbocycles. The first-order chi connectivity index (χ1) is 20.0. The van der Waals surface area contributed by atoms with Crippen LogP contribution < -0.4 is 18.5 Å². The van der Waals surface area contributed by atoms with E-state index >= 15 is 8.78 Å². The molecule has 43 heavy (non-hydrogen) atoms. The summed E-state index contributed by atoms with van der Waals surface area (Å²) in [6.45, 7) is -0.526. The molecule has 0 radical (unpaired) electrons. The minimum absolute atomic E-state index is 0.149. The Bertz CT molecular complexity index is 1700. The molecule has 18 heteroatoms. The molecule has 0 fully saturated rings. The van der Waals surface area contributed by atoms with Crippen molar-refractivity contribution in [2.24, 2.45) is 0 Å². The molecule has 0 aliphatic carbocycles. The van der Waals surface area contributed by atoms with Crippen molar-refractivity contribution in [3.8, 4) is 23.0 Å². The fourth-order valence-corrected chi connectivity index (χ4v) is 5.90. The van der Waals surface area contributed by atoms with Crippen LogP contribution in [0.5, 0.6) is 23.0 Å². The van der Waals surface area contributed by atoms with Gasteiger partial charge in [-0.1, -0.05) is 0 Å². The number of benzene rings is 3. The average Bonchev–Trinajstić information content (AvgIpc) is 3.46.